The number of rotatable bonds is 3. The lowest BCUT2D eigenvalue weighted by atomic mass is 9.82. The van der Waals surface area contributed by atoms with Crippen LogP contribution in [0.4, 0.5) is 0 Å². The van der Waals surface area contributed by atoms with Crippen LogP contribution in [-0.2, 0) is 9.68 Å². The number of ketones is 1. The van der Waals surface area contributed by atoms with Gasteiger partial charge in [-0.05, 0) is 32.1 Å². The third-order valence-electron chi connectivity index (χ3n) is 3.33. The van der Waals surface area contributed by atoms with E-state index in [1.54, 1.807) is 6.92 Å². The van der Waals surface area contributed by atoms with Gasteiger partial charge in [0.25, 0.3) is 0 Å². The molecule has 0 saturated heterocycles. The minimum atomic E-state index is -0.860. The van der Waals surface area contributed by atoms with Gasteiger partial charge in [-0.2, -0.15) is 0 Å². The molecule has 0 aliphatic heterocycles. The van der Waals surface area contributed by atoms with Crippen LogP contribution in [0, 0.1) is 5.92 Å². The maximum Gasteiger partial charge on any atom is 0.161 e. The average molecular weight is 212 g/mol. The second kappa shape index (κ2) is 4.90. The van der Waals surface area contributed by atoms with Gasteiger partial charge in [0.1, 0.15) is 5.60 Å². The molecule has 0 aromatic heterocycles. The van der Waals surface area contributed by atoms with Crippen molar-refractivity contribution in [3.63, 3.8) is 0 Å². The van der Waals surface area contributed by atoms with E-state index in [2.05, 4.69) is 4.89 Å². The molecule has 15 heavy (non-hydrogen) atoms. The van der Waals surface area contributed by atoms with Crippen molar-refractivity contribution >= 4 is 5.78 Å². The average Bonchev–Trinajstić information content (AvgIpc) is 2.41. The molecule has 1 unspecified atom stereocenters. The van der Waals surface area contributed by atoms with Crippen LogP contribution in [0.1, 0.15) is 46.5 Å². The Morgan fingerprint density at radius 1 is 1.47 bits per heavy atom. The van der Waals surface area contributed by atoms with Crippen molar-refractivity contribution < 1.29 is 14.9 Å². The molecule has 1 N–H and O–H groups in total. The zero-order chi connectivity index (χ0) is 11.5. The fourth-order valence-electron chi connectivity index (χ4n) is 1.87. The van der Waals surface area contributed by atoms with E-state index in [0.717, 1.165) is 19.3 Å². The molecule has 0 fully saturated rings. The lowest BCUT2D eigenvalue weighted by Crippen LogP contribution is -2.39. The first-order chi connectivity index (χ1) is 7.02. The minimum Gasteiger partial charge on any atom is -0.294 e. The molecule has 0 heterocycles. The van der Waals surface area contributed by atoms with Gasteiger partial charge >= 0.3 is 0 Å². The molecule has 0 aromatic carbocycles. The largest absolute Gasteiger partial charge is 0.294 e. The van der Waals surface area contributed by atoms with Crippen LogP contribution in [0.5, 0.6) is 0 Å². The summed E-state index contributed by atoms with van der Waals surface area (Å²) in [4.78, 5) is 16.4. The number of hydrogen-bond donors (Lipinski definition) is 1. The molecule has 3 nitrogen and oxygen atoms in total. The summed E-state index contributed by atoms with van der Waals surface area (Å²) in [6.45, 7) is 5.65. The number of hydrogen-bond acceptors (Lipinski definition) is 3. The molecule has 0 bridgehead atoms. The second-order valence-electron chi connectivity index (χ2n) is 4.64. The van der Waals surface area contributed by atoms with Crippen molar-refractivity contribution in [1.82, 2.24) is 0 Å². The van der Waals surface area contributed by atoms with E-state index in [0.29, 0.717) is 12.0 Å². The molecule has 1 aliphatic rings. The van der Waals surface area contributed by atoms with Crippen LogP contribution in [-0.4, -0.2) is 16.6 Å². The zero-order valence-electron chi connectivity index (χ0n) is 9.75. The fraction of sp³-hybridized carbons (Fsp3) is 0.750. The predicted molar refractivity (Wildman–Crippen MR) is 58.5 cm³/mol. The monoisotopic (exact) mass is 212 g/mol. The third kappa shape index (κ3) is 2.47. The number of carbonyl (C=O) groups excluding carboxylic acids is 1. The van der Waals surface area contributed by atoms with Crippen LogP contribution >= 0.6 is 0 Å². The van der Waals surface area contributed by atoms with Gasteiger partial charge in [-0.1, -0.05) is 19.9 Å². The van der Waals surface area contributed by atoms with Gasteiger partial charge in [0, 0.05) is 12.0 Å². The molecule has 0 radical (unpaired) electrons. The maximum atomic E-state index is 11.9. The van der Waals surface area contributed by atoms with Crippen LogP contribution in [0.25, 0.3) is 0 Å². The topological polar surface area (TPSA) is 46.5 Å². The molecule has 1 rings (SSSR count). The molecule has 0 amide bonds. The summed E-state index contributed by atoms with van der Waals surface area (Å²) in [5.74, 6) is 0.175. The van der Waals surface area contributed by atoms with Gasteiger partial charge in [-0.3, -0.25) is 10.1 Å². The molecule has 0 spiro atoms. The van der Waals surface area contributed by atoms with Crippen molar-refractivity contribution in [3.8, 4) is 0 Å². The molecule has 86 valence electrons. The summed E-state index contributed by atoms with van der Waals surface area (Å²) < 4.78 is 0. The third-order valence-corrected chi connectivity index (χ3v) is 3.33. The predicted octanol–water partition coefficient (Wildman–Crippen LogP) is 2.96. The number of allylic oxidation sites excluding steroid dienone is 1. The Morgan fingerprint density at radius 3 is 2.67 bits per heavy atom. The molecular weight excluding hydrogens is 192 g/mol. The highest BCUT2D eigenvalue weighted by Gasteiger charge is 2.38. The van der Waals surface area contributed by atoms with Crippen LogP contribution in [0.15, 0.2) is 11.6 Å². The molecular formula is C12H20O3. The van der Waals surface area contributed by atoms with Gasteiger partial charge in [0.05, 0.1) is 0 Å². The molecule has 1 atom stereocenters. The van der Waals surface area contributed by atoms with E-state index in [1.807, 2.05) is 19.9 Å². The molecule has 3 heteroatoms. The highest BCUT2D eigenvalue weighted by molar-refractivity contribution is 5.97. The standard InChI is InChI=1S/C12H20O3/c1-9(2)12(3,15-14)10-7-5-4-6-8-11(10)13/h7,9,14H,4-6,8H2,1-3H3. The first-order valence-corrected chi connectivity index (χ1v) is 5.58. The van der Waals surface area contributed by atoms with Crippen LogP contribution in [0.2, 0.25) is 0 Å². The second-order valence-corrected chi connectivity index (χ2v) is 4.64. The SMILES string of the molecule is CC(C)C(C)(OO)C1=CCCCCC1=O. The Morgan fingerprint density at radius 2 is 2.13 bits per heavy atom. The Labute approximate surface area is 91.1 Å². The summed E-state index contributed by atoms with van der Waals surface area (Å²) in [6, 6.07) is 0. The lowest BCUT2D eigenvalue weighted by Gasteiger charge is -2.31. The van der Waals surface area contributed by atoms with Crippen molar-refractivity contribution in [3.05, 3.63) is 11.6 Å². The number of Topliss-reactive ketones (excluding diaryl/α,β-unsaturated/α-hetero) is 1. The Balaban J connectivity index is 3.00. The first-order valence-electron chi connectivity index (χ1n) is 5.58. The first kappa shape index (κ1) is 12.4. The van der Waals surface area contributed by atoms with Gasteiger partial charge in [-0.15, -0.1) is 0 Å². The summed E-state index contributed by atoms with van der Waals surface area (Å²) in [5, 5.41) is 9.02. The van der Waals surface area contributed by atoms with Crippen molar-refractivity contribution in [2.45, 2.75) is 52.1 Å². The normalized spacial score (nSPS) is 22.2. The van der Waals surface area contributed by atoms with Crippen molar-refractivity contribution in [2.75, 3.05) is 0 Å². The zero-order valence-corrected chi connectivity index (χ0v) is 9.75. The smallest absolute Gasteiger partial charge is 0.161 e. The Kier molecular flexibility index (Phi) is 4.05. The van der Waals surface area contributed by atoms with E-state index >= 15 is 0 Å². The Bertz CT molecular complexity index is 268. The fourth-order valence-corrected chi connectivity index (χ4v) is 1.87. The van der Waals surface area contributed by atoms with Gasteiger partial charge < -0.3 is 0 Å². The highest BCUT2D eigenvalue weighted by atomic mass is 17.1. The summed E-state index contributed by atoms with van der Waals surface area (Å²) >= 11 is 0. The van der Waals surface area contributed by atoms with Crippen molar-refractivity contribution in [1.29, 1.82) is 0 Å². The van der Waals surface area contributed by atoms with E-state index < -0.39 is 5.60 Å². The van der Waals surface area contributed by atoms with Crippen LogP contribution in [0.3, 0.4) is 0 Å². The van der Waals surface area contributed by atoms with E-state index in [4.69, 9.17) is 5.26 Å². The van der Waals surface area contributed by atoms with Gasteiger partial charge in [-0.25, -0.2) is 4.89 Å². The van der Waals surface area contributed by atoms with E-state index in [9.17, 15) is 4.79 Å². The van der Waals surface area contributed by atoms with Crippen LogP contribution < -0.4 is 0 Å². The maximum absolute atomic E-state index is 11.9. The quantitative estimate of drug-likeness (QED) is 0.578. The summed E-state index contributed by atoms with van der Waals surface area (Å²) in [6.07, 6.45) is 5.35. The molecule has 0 aromatic rings. The lowest BCUT2D eigenvalue weighted by molar-refractivity contribution is -0.316. The molecule has 1 aliphatic carbocycles. The van der Waals surface area contributed by atoms with Gasteiger partial charge in [0.2, 0.25) is 0 Å². The summed E-state index contributed by atoms with van der Waals surface area (Å²) in [7, 11) is 0. The minimum absolute atomic E-state index is 0.0656. The Hall–Kier alpha value is -0.670. The van der Waals surface area contributed by atoms with E-state index in [-0.39, 0.29) is 11.7 Å². The van der Waals surface area contributed by atoms with E-state index in [1.165, 1.54) is 0 Å². The number of carbonyl (C=O) groups is 1. The summed E-state index contributed by atoms with van der Waals surface area (Å²) in [5.41, 5.74) is -0.223. The highest BCUT2D eigenvalue weighted by Crippen LogP contribution is 2.32. The van der Waals surface area contributed by atoms with Crippen molar-refractivity contribution in [2.24, 2.45) is 5.92 Å². The van der Waals surface area contributed by atoms with Gasteiger partial charge in [0.15, 0.2) is 5.78 Å². The molecule has 0 saturated carbocycles.